The fraction of sp³-hybridized carbons (Fsp3) is 0.100. The second kappa shape index (κ2) is 7.81. The van der Waals surface area contributed by atoms with Crippen LogP contribution in [0.3, 0.4) is 0 Å². The Hall–Kier alpha value is -2.85. The number of benzene rings is 2. The molecule has 0 spiro atoms. The molecule has 0 aliphatic carbocycles. The highest BCUT2D eigenvalue weighted by molar-refractivity contribution is 6.34. The average Bonchev–Trinajstić information content (AvgIpc) is 2.67. The van der Waals surface area contributed by atoms with Crippen molar-refractivity contribution < 1.29 is 9.53 Å². The Labute approximate surface area is 151 Å². The molecular formula is C20H17ClN2O2. The van der Waals surface area contributed by atoms with Crippen molar-refractivity contribution in [2.75, 3.05) is 12.0 Å². The number of ether oxygens (including phenoxy) is 1. The highest BCUT2D eigenvalue weighted by atomic mass is 35.5. The first-order chi connectivity index (χ1) is 12.2. The Morgan fingerprint density at radius 2 is 1.76 bits per heavy atom. The minimum absolute atomic E-state index is 0.194. The molecule has 0 aliphatic heterocycles. The van der Waals surface area contributed by atoms with Gasteiger partial charge in [-0.05, 0) is 42.0 Å². The second-order valence-electron chi connectivity index (χ2n) is 5.41. The summed E-state index contributed by atoms with van der Waals surface area (Å²) >= 11 is 6.21. The summed E-state index contributed by atoms with van der Waals surface area (Å²) in [4.78, 5) is 19.0. The number of carbonyl (C=O) groups excluding carboxylic acids is 1. The summed E-state index contributed by atoms with van der Waals surface area (Å²) in [6.07, 6.45) is 1.66. The van der Waals surface area contributed by atoms with Crippen molar-refractivity contribution in [1.29, 1.82) is 0 Å². The molecule has 1 amide bonds. The van der Waals surface area contributed by atoms with Crippen LogP contribution in [0.25, 0.3) is 0 Å². The van der Waals surface area contributed by atoms with E-state index in [1.54, 1.807) is 48.5 Å². The highest BCUT2D eigenvalue weighted by Crippen LogP contribution is 2.23. The van der Waals surface area contributed by atoms with E-state index in [0.29, 0.717) is 22.9 Å². The van der Waals surface area contributed by atoms with E-state index in [4.69, 9.17) is 16.3 Å². The van der Waals surface area contributed by atoms with Crippen LogP contribution in [0, 0.1) is 0 Å². The van der Waals surface area contributed by atoms with Crippen molar-refractivity contribution in [3.63, 3.8) is 0 Å². The van der Waals surface area contributed by atoms with Crippen LogP contribution < -0.4 is 9.64 Å². The van der Waals surface area contributed by atoms with Gasteiger partial charge in [0.1, 0.15) is 11.6 Å². The molecule has 1 aromatic heterocycles. The van der Waals surface area contributed by atoms with Crippen LogP contribution in [0.15, 0.2) is 72.9 Å². The van der Waals surface area contributed by atoms with Gasteiger partial charge < -0.3 is 4.74 Å². The molecule has 0 unspecified atom stereocenters. The molecule has 0 aliphatic rings. The molecule has 2 aromatic carbocycles. The summed E-state index contributed by atoms with van der Waals surface area (Å²) in [5, 5.41) is 0.420. The number of pyridine rings is 1. The molecule has 0 atom stereocenters. The first-order valence-corrected chi connectivity index (χ1v) is 8.17. The van der Waals surface area contributed by atoms with Gasteiger partial charge in [-0.1, -0.05) is 41.9 Å². The number of carbonyl (C=O) groups is 1. The van der Waals surface area contributed by atoms with Crippen LogP contribution in [0.5, 0.6) is 5.75 Å². The predicted octanol–water partition coefficient (Wildman–Crippen LogP) is 4.59. The Morgan fingerprint density at radius 1 is 1.04 bits per heavy atom. The third kappa shape index (κ3) is 3.98. The SMILES string of the molecule is COc1ccc(CN(C(=O)c2ccccc2Cl)c2ccccn2)cc1. The smallest absolute Gasteiger partial charge is 0.261 e. The van der Waals surface area contributed by atoms with Crippen LogP contribution >= 0.6 is 11.6 Å². The van der Waals surface area contributed by atoms with Crippen LogP contribution in [-0.4, -0.2) is 18.0 Å². The summed E-state index contributed by atoms with van der Waals surface area (Å²) in [7, 11) is 1.62. The molecule has 1 heterocycles. The van der Waals surface area contributed by atoms with Crippen molar-refractivity contribution in [2.24, 2.45) is 0 Å². The van der Waals surface area contributed by atoms with Gasteiger partial charge in [-0.3, -0.25) is 9.69 Å². The zero-order chi connectivity index (χ0) is 17.6. The lowest BCUT2D eigenvalue weighted by Crippen LogP contribution is -2.31. The molecule has 4 nitrogen and oxygen atoms in total. The summed E-state index contributed by atoms with van der Waals surface area (Å²) in [5.41, 5.74) is 1.41. The fourth-order valence-electron chi connectivity index (χ4n) is 2.46. The molecule has 0 bridgehead atoms. The van der Waals surface area contributed by atoms with Gasteiger partial charge in [0, 0.05) is 6.20 Å². The second-order valence-corrected chi connectivity index (χ2v) is 5.81. The van der Waals surface area contributed by atoms with Crippen molar-refractivity contribution in [1.82, 2.24) is 4.98 Å². The number of amides is 1. The third-order valence-electron chi connectivity index (χ3n) is 3.77. The van der Waals surface area contributed by atoms with E-state index in [1.807, 2.05) is 36.4 Å². The summed E-state index contributed by atoms with van der Waals surface area (Å²) in [6, 6.07) is 20.1. The van der Waals surface area contributed by atoms with Crippen LogP contribution in [0.4, 0.5) is 5.82 Å². The zero-order valence-electron chi connectivity index (χ0n) is 13.7. The lowest BCUT2D eigenvalue weighted by Gasteiger charge is -2.22. The Balaban J connectivity index is 1.95. The van der Waals surface area contributed by atoms with E-state index >= 15 is 0 Å². The van der Waals surface area contributed by atoms with Gasteiger partial charge in [-0.15, -0.1) is 0 Å². The maximum Gasteiger partial charge on any atom is 0.261 e. The maximum absolute atomic E-state index is 13.1. The number of methoxy groups -OCH3 is 1. The van der Waals surface area contributed by atoms with E-state index in [1.165, 1.54) is 0 Å². The molecule has 3 aromatic rings. The van der Waals surface area contributed by atoms with Crippen molar-refractivity contribution in [3.8, 4) is 5.75 Å². The lowest BCUT2D eigenvalue weighted by atomic mass is 10.1. The minimum Gasteiger partial charge on any atom is -0.497 e. The first-order valence-electron chi connectivity index (χ1n) is 7.79. The maximum atomic E-state index is 13.1. The van der Waals surface area contributed by atoms with E-state index in [0.717, 1.165) is 11.3 Å². The van der Waals surface area contributed by atoms with Gasteiger partial charge in [0.15, 0.2) is 0 Å². The van der Waals surface area contributed by atoms with Crippen molar-refractivity contribution in [2.45, 2.75) is 6.54 Å². The number of hydrogen-bond donors (Lipinski definition) is 0. The number of halogens is 1. The van der Waals surface area contributed by atoms with Crippen LogP contribution in [-0.2, 0) is 6.54 Å². The molecule has 0 fully saturated rings. The van der Waals surface area contributed by atoms with Gasteiger partial charge in [0.25, 0.3) is 5.91 Å². The van der Waals surface area contributed by atoms with Gasteiger partial charge in [0.05, 0.1) is 24.2 Å². The first kappa shape index (κ1) is 17.0. The largest absolute Gasteiger partial charge is 0.497 e. The zero-order valence-corrected chi connectivity index (χ0v) is 14.5. The highest BCUT2D eigenvalue weighted by Gasteiger charge is 2.21. The summed E-state index contributed by atoms with van der Waals surface area (Å²) in [6.45, 7) is 0.380. The minimum atomic E-state index is -0.194. The van der Waals surface area contributed by atoms with E-state index in [-0.39, 0.29) is 5.91 Å². The Bertz CT molecular complexity index is 851. The molecule has 0 saturated carbocycles. The molecule has 3 rings (SSSR count). The predicted molar refractivity (Wildman–Crippen MR) is 99.2 cm³/mol. The summed E-state index contributed by atoms with van der Waals surface area (Å²) in [5.74, 6) is 1.15. The number of rotatable bonds is 5. The quantitative estimate of drug-likeness (QED) is 0.674. The lowest BCUT2D eigenvalue weighted by molar-refractivity contribution is 0.0984. The van der Waals surface area contributed by atoms with E-state index in [2.05, 4.69) is 4.98 Å². The normalized spacial score (nSPS) is 10.3. The van der Waals surface area contributed by atoms with Gasteiger partial charge >= 0.3 is 0 Å². The number of nitrogens with zero attached hydrogens (tertiary/aromatic N) is 2. The monoisotopic (exact) mass is 352 g/mol. The fourth-order valence-corrected chi connectivity index (χ4v) is 2.68. The van der Waals surface area contributed by atoms with Crippen LogP contribution in [0.1, 0.15) is 15.9 Å². The van der Waals surface area contributed by atoms with Crippen molar-refractivity contribution in [3.05, 3.63) is 89.1 Å². The molecule has 0 radical (unpaired) electrons. The Kier molecular flexibility index (Phi) is 5.31. The molecule has 0 N–H and O–H groups in total. The Morgan fingerprint density at radius 3 is 2.40 bits per heavy atom. The molecule has 126 valence electrons. The van der Waals surface area contributed by atoms with E-state index in [9.17, 15) is 4.79 Å². The van der Waals surface area contributed by atoms with Crippen LogP contribution in [0.2, 0.25) is 5.02 Å². The number of anilines is 1. The molecular weight excluding hydrogens is 336 g/mol. The topological polar surface area (TPSA) is 42.4 Å². The van der Waals surface area contributed by atoms with E-state index < -0.39 is 0 Å². The van der Waals surface area contributed by atoms with Crippen molar-refractivity contribution >= 4 is 23.3 Å². The van der Waals surface area contributed by atoms with Gasteiger partial charge in [-0.2, -0.15) is 0 Å². The number of hydrogen-bond acceptors (Lipinski definition) is 3. The summed E-state index contributed by atoms with van der Waals surface area (Å²) < 4.78 is 5.18. The third-order valence-corrected chi connectivity index (χ3v) is 4.10. The molecule has 0 saturated heterocycles. The number of aromatic nitrogens is 1. The average molecular weight is 353 g/mol. The molecule has 25 heavy (non-hydrogen) atoms. The van der Waals surface area contributed by atoms with Gasteiger partial charge in [0.2, 0.25) is 0 Å². The molecule has 5 heteroatoms. The standard InChI is InChI=1S/C20H17ClN2O2/c1-25-16-11-9-15(10-12-16)14-23(19-8-4-5-13-22-19)20(24)17-6-2-3-7-18(17)21/h2-13H,14H2,1H3. The van der Waals surface area contributed by atoms with Gasteiger partial charge in [-0.25, -0.2) is 4.98 Å².